The number of hydrogen-bond donors (Lipinski definition) is 1. The number of nitrogens with one attached hydrogen (secondary N) is 1. The third kappa shape index (κ3) is 4.66. The van der Waals surface area contributed by atoms with Crippen LogP contribution in [0.1, 0.15) is 20.8 Å². The highest BCUT2D eigenvalue weighted by molar-refractivity contribution is 6.31. The van der Waals surface area contributed by atoms with Crippen LogP contribution in [0.4, 0.5) is 31.2 Å². The number of methoxy groups -OCH3 is 1. The van der Waals surface area contributed by atoms with E-state index in [1.807, 2.05) is 0 Å². The molecule has 1 N–H and O–H groups in total. The SMILES string of the molecule is COc1cc2ncnc(Nc3cccc(Cl)c3F)c2cc1N1C(=O)OC2CN(C(=O)OC(C)(C)C)CC21. The number of ether oxygens (including phenoxy) is 3. The quantitative estimate of drug-likeness (QED) is 0.496. The molecule has 2 saturated heterocycles. The van der Waals surface area contributed by atoms with Crippen molar-refractivity contribution in [1.29, 1.82) is 0 Å². The highest BCUT2D eigenvalue weighted by atomic mass is 35.5. The van der Waals surface area contributed by atoms with Crippen LogP contribution in [0.5, 0.6) is 5.75 Å². The Kier molecular flexibility index (Phi) is 6.18. The second-order valence-corrected chi connectivity index (χ2v) is 10.1. The first kappa shape index (κ1) is 24.8. The zero-order valence-corrected chi connectivity index (χ0v) is 21.4. The molecule has 37 heavy (non-hydrogen) atoms. The predicted molar refractivity (Wildman–Crippen MR) is 135 cm³/mol. The fraction of sp³-hybridized carbons (Fsp3) is 0.360. The molecule has 194 valence electrons. The fourth-order valence-corrected chi connectivity index (χ4v) is 4.62. The number of likely N-dealkylation sites (tertiary alicyclic amines) is 1. The van der Waals surface area contributed by atoms with Gasteiger partial charge in [-0.3, -0.25) is 4.90 Å². The largest absolute Gasteiger partial charge is 0.494 e. The molecule has 0 spiro atoms. The lowest BCUT2D eigenvalue weighted by atomic mass is 10.1. The summed E-state index contributed by atoms with van der Waals surface area (Å²) < 4.78 is 31.2. The van der Waals surface area contributed by atoms with Crippen molar-refractivity contribution in [3.63, 3.8) is 0 Å². The minimum atomic E-state index is -0.654. The van der Waals surface area contributed by atoms with Crippen molar-refractivity contribution in [2.75, 3.05) is 30.4 Å². The minimum Gasteiger partial charge on any atom is -0.494 e. The number of fused-ring (bicyclic) bond motifs is 2. The number of carbonyl (C=O) groups excluding carboxylic acids is 2. The molecule has 5 rings (SSSR count). The first-order valence-corrected chi connectivity index (χ1v) is 11.9. The lowest BCUT2D eigenvalue weighted by Gasteiger charge is -2.26. The van der Waals surface area contributed by atoms with Crippen LogP contribution in [0.2, 0.25) is 5.02 Å². The number of aromatic nitrogens is 2. The maximum Gasteiger partial charge on any atom is 0.415 e. The molecular weight excluding hydrogens is 505 g/mol. The minimum absolute atomic E-state index is 0.0349. The average Bonchev–Trinajstić information content (AvgIpc) is 3.37. The Morgan fingerprint density at radius 1 is 1.24 bits per heavy atom. The van der Waals surface area contributed by atoms with Crippen LogP contribution < -0.4 is 15.0 Å². The Labute approximate surface area is 217 Å². The Morgan fingerprint density at radius 2 is 2.03 bits per heavy atom. The summed E-state index contributed by atoms with van der Waals surface area (Å²) in [7, 11) is 1.48. The lowest BCUT2D eigenvalue weighted by Crippen LogP contribution is -2.41. The molecular formula is C25H25ClFN5O5. The molecule has 10 nitrogen and oxygen atoms in total. The van der Waals surface area contributed by atoms with E-state index in [1.165, 1.54) is 35.4 Å². The van der Waals surface area contributed by atoms with Gasteiger partial charge in [0.15, 0.2) is 5.82 Å². The maximum atomic E-state index is 14.6. The summed E-state index contributed by atoms with van der Waals surface area (Å²) in [4.78, 5) is 37.2. The molecule has 0 bridgehead atoms. The molecule has 2 aromatic carbocycles. The van der Waals surface area contributed by atoms with Crippen LogP contribution in [-0.2, 0) is 9.47 Å². The van der Waals surface area contributed by atoms with Gasteiger partial charge in [-0.2, -0.15) is 0 Å². The molecule has 2 fully saturated rings. The second-order valence-electron chi connectivity index (χ2n) is 9.73. The summed E-state index contributed by atoms with van der Waals surface area (Å²) in [5.74, 6) is 0.0595. The first-order chi connectivity index (χ1) is 17.6. The van der Waals surface area contributed by atoms with E-state index in [2.05, 4.69) is 15.3 Å². The van der Waals surface area contributed by atoms with Crippen LogP contribution in [-0.4, -0.2) is 65.0 Å². The van der Waals surface area contributed by atoms with E-state index in [9.17, 15) is 14.0 Å². The van der Waals surface area contributed by atoms with Gasteiger partial charge in [0.05, 0.1) is 41.6 Å². The number of anilines is 3. The highest BCUT2D eigenvalue weighted by Crippen LogP contribution is 2.41. The zero-order valence-electron chi connectivity index (χ0n) is 20.6. The molecule has 2 amide bonds. The molecule has 2 atom stereocenters. The molecule has 0 radical (unpaired) electrons. The summed E-state index contributed by atoms with van der Waals surface area (Å²) in [6.45, 7) is 5.80. The Balaban J connectivity index is 1.51. The normalized spacial score (nSPS) is 19.1. The summed E-state index contributed by atoms with van der Waals surface area (Å²) >= 11 is 5.93. The van der Waals surface area contributed by atoms with E-state index >= 15 is 0 Å². The van der Waals surface area contributed by atoms with Crippen LogP contribution >= 0.6 is 11.6 Å². The lowest BCUT2D eigenvalue weighted by molar-refractivity contribution is 0.0261. The Morgan fingerprint density at radius 3 is 2.76 bits per heavy atom. The summed E-state index contributed by atoms with van der Waals surface area (Å²) in [5, 5.41) is 3.43. The van der Waals surface area contributed by atoms with E-state index < -0.39 is 35.8 Å². The zero-order chi connectivity index (χ0) is 26.5. The van der Waals surface area contributed by atoms with Crippen molar-refractivity contribution in [2.45, 2.75) is 38.5 Å². The summed E-state index contributed by atoms with van der Waals surface area (Å²) in [6, 6.07) is 7.47. The van der Waals surface area contributed by atoms with Crippen LogP contribution in [0, 0.1) is 5.82 Å². The summed E-state index contributed by atoms with van der Waals surface area (Å²) in [5.41, 5.74) is 0.391. The van der Waals surface area contributed by atoms with E-state index in [0.29, 0.717) is 28.2 Å². The Hall–Kier alpha value is -3.86. The topological polar surface area (TPSA) is 106 Å². The van der Waals surface area contributed by atoms with Gasteiger partial charge in [-0.25, -0.2) is 23.9 Å². The standard InChI is InChI=1S/C25H25ClFN5O5/c1-25(2,3)37-23(33)31-10-18-20(11-31)36-24(34)32(18)17-8-13-16(9-19(17)35-4)28-12-29-22(13)30-15-7-5-6-14(26)21(15)27/h5-9,12,18,20H,10-11H2,1-4H3,(H,28,29,30). The summed E-state index contributed by atoms with van der Waals surface area (Å²) in [6.07, 6.45) is -0.247. The van der Waals surface area contributed by atoms with Crippen molar-refractivity contribution in [3.05, 3.63) is 47.5 Å². The molecule has 3 heterocycles. The van der Waals surface area contributed by atoms with E-state index in [1.54, 1.807) is 39.0 Å². The number of carbonyl (C=O) groups is 2. The van der Waals surface area contributed by atoms with Gasteiger partial charge in [0.2, 0.25) is 0 Å². The van der Waals surface area contributed by atoms with Crippen LogP contribution in [0.3, 0.4) is 0 Å². The van der Waals surface area contributed by atoms with Crippen molar-refractivity contribution in [3.8, 4) is 5.75 Å². The van der Waals surface area contributed by atoms with Gasteiger partial charge in [0, 0.05) is 18.0 Å². The van der Waals surface area contributed by atoms with Crippen LogP contribution in [0.15, 0.2) is 36.7 Å². The number of nitrogens with zero attached hydrogens (tertiary/aromatic N) is 4. The first-order valence-electron chi connectivity index (χ1n) is 11.6. The maximum absolute atomic E-state index is 14.6. The van der Waals surface area contributed by atoms with Gasteiger partial charge in [-0.15, -0.1) is 0 Å². The molecule has 0 saturated carbocycles. The van der Waals surface area contributed by atoms with Gasteiger partial charge in [0.25, 0.3) is 0 Å². The molecule has 3 aromatic rings. The number of hydrogen-bond acceptors (Lipinski definition) is 8. The molecule has 2 aliphatic rings. The molecule has 2 aliphatic heterocycles. The molecule has 1 aromatic heterocycles. The van der Waals surface area contributed by atoms with Crippen molar-refractivity contribution < 1.29 is 28.2 Å². The average molecular weight is 530 g/mol. The third-order valence-corrected chi connectivity index (χ3v) is 6.36. The number of amides is 2. The number of benzene rings is 2. The van der Waals surface area contributed by atoms with E-state index in [0.717, 1.165) is 0 Å². The van der Waals surface area contributed by atoms with Gasteiger partial charge in [-0.1, -0.05) is 17.7 Å². The fourth-order valence-electron chi connectivity index (χ4n) is 4.45. The van der Waals surface area contributed by atoms with Crippen LogP contribution in [0.25, 0.3) is 10.9 Å². The Bertz CT molecular complexity index is 1400. The van der Waals surface area contributed by atoms with Gasteiger partial charge in [-0.05, 0) is 39.0 Å². The van der Waals surface area contributed by atoms with Gasteiger partial charge in [0.1, 0.15) is 29.6 Å². The van der Waals surface area contributed by atoms with Crippen molar-refractivity contribution in [1.82, 2.24) is 14.9 Å². The van der Waals surface area contributed by atoms with Crippen molar-refractivity contribution >= 4 is 51.9 Å². The third-order valence-electron chi connectivity index (χ3n) is 6.07. The van der Waals surface area contributed by atoms with Gasteiger partial charge < -0.3 is 24.4 Å². The molecule has 12 heteroatoms. The van der Waals surface area contributed by atoms with E-state index in [4.69, 9.17) is 25.8 Å². The van der Waals surface area contributed by atoms with E-state index in [-0.39, 0.29) is 23.8 Å². The van der Waals surface area contributed by atoms with Gasteiger partial charge >= 0.3 is 12.2 Å². The highest BCUT2D eigenvalue weighted by Gasteiger charge is 2.51. The van der Waals surface area contributed by atoms with Crippen molar-refractivity contribution in [2.24, 2.45) is 0 Å². The molecule has 0 aliphatic carbocycles. The smallest absolute Gasteiger partial charge is 0.415 e. The predicted octanol–water partition coefficient (Wildman–Crippen LogP) is 5.12. The second kappa shape index (κ2) is 9.22. The number of halogens is 2. The molecule has 2 unspecified atom stereocenters. The monoisotopic (exact) mass is 529 g/mol. The number of rotatable bonds is 4.